The van der Waals surface area contributed by atoms with E-state index in [1.54, 1.807) is 0 Å². The summed E-state index contributed by atoms with van der Waals surface area (Å²) in [6.45, 7) is 3.58. The van der Waals surface area contributed by atoms with Gasteiger partial charge >= 0.3 is 5.97 Å². The summed E-state index contributed by atoms with van der Waals surface area (Å²) in [5.74, 6) is 1.37. The Kier molecular flexibility index (Phi) is 8.43. The third-order valence-electron chi connectivity index (χ3n) is 4.92. The molecule has 0 bridgehead atoms. The van der Waals surface area contributed by atoms with Crippen LogP contribution in [0.1, 0.15) is 58.3 Å². The molecule has 6 nitrogen and oxygen atoms in total. The molecule has 0 aliphatic carbocycles. The Labute approximate surface area is 172 Å². The average molecular weight is 399 g/mol. The van der Waals surface area contributed by atoms with Crippen LogP contribution in [0.3, 0.4) is 0 Å². The Morgan fingerprint density at radius 1 is 1.03 bits per heavy atom. The lowest BCUT2D eigenvalue weighted by Gasteiger charge is -2.09. The number of carbonyl (C=O) groups is 1. The van der Waals surface area contributed by atoms with Crippen LogP contribution in [-0.4, -0.2) is 35.3 Å². The molecule has 1 unspecified atom stereocenters. The van der Waals surface area contributed by atoms with Gasteiger partial charge in [0, 0.05) is 12.2 Å². The Morgan fingerprint density at radius 3 is 2.45 bits per heavy atom. The number of rotatable bonds is 11. The number of hydrogen-bond donors (Lipinski definition) is 0. The summed E-state index contributed by atoms with van der Waals surface area (Å²) in [7, 11) is 0. The maximum absolute atomic E-state index is 12.0. The van der Waals surface area contributed by atoms with E-state index >= 15 is 0 Å². The van der Waals surface area contributed by atoms with Crippen molar-refractivity contribution in [2.24, 2.45) is 0 Å². The van der Waals surface area contributed by atoms with Gasteiger partial charge in [-0.05, 0) is 43.5 Å². The first-order valence-corrected chi connectivity index (χ1v) is 10.6. The fraction of sp³-hybridized carbons (Fsp3) is 0.522. The highest BCUT2D eigenvalue weighted by Crippen LogP contribution is 2.21. The van der Waals surface area contributed by atoms with Crippen LogP contribution in [0.4, 0.5) is 0 Å². The van der Waals surface area contributed by atoms with Gasteiger partial charge < -0.3 is 14.2 Å². The molecule has 0 radical (unpaired) electrons. The van der Waals surface area contributed by atoms with Crippen molar-refractivity contribution in [3.05, 3.63) is 36.7 Å². The summed E-state index contributed by atoms with van der Waals surface area (Å²) in [4.78, 5) is 20.6. The highest BCUT2D eigenvalue weighted by Gasteiger charge is 2.25. The molecule has 1 aliphatic rings. The number of benzene rings is 1. The first-order chi connectivity index (χ1) is 14.3. The van der Waals surface area contributed by atoms with E-state index in [4.69, 9.17) is 14.2 Å². The van der Waals surface area contributed by atoms with Crippen LogP contribution in [0.2, 0.25) is 0 Å². The van der Waals surface area contributed by atoms with E-state index in [-0.39, 0.29) is 5.97 Å². The number of ether oxygens (including phenoxy) is 3. The summed E-state index contributed by atoms with van der Waals surface area (Å²) < 4.78 is 16.4. The number of carbonyl (C=O) groups excluding carboxylic acids is 1. The van der Waals surface area contributed by atoms with Crippen molar-refractivity contribution in [1.29, 1.82) is 0 Å². The van der Waals surface area contributed by atoms with Gasteiger partial charge in [-0.15, -0.1) is 0 Å². The molecule has 2 heterocycles. The lowest BCUT2D eigenvalue weighted by Crippen LogP contribution is -2.24. The van der Waals surface area contributed by atoms with E-state index in [1.807, 2.05) is 24.3 Å². The zero-order valence-electron chi connectivity index (χ0n) is 17.1. The lowest BCUT2D eigenvalue weighted by atomic mass is 10.1. The van der Waals surface area contributed by atoms with Crippen molar-refractivity contribution >= 4 is 5.97 Å². The first-order valence-electron chi connectivity index (χ1n) is 10.6. The maximum atomic E-state index is 12.0. The molecule has 29 heavy (non-hydrogen) atoms. The van der Waals surface area contributed by atoms with Crippen LogP contribution in [0, 0.1) is 0 Å². The smallest absolute Gasteiger partial charge is 0.340 e. The van der Waals surface area contributed by atoms with Crippen molar-refractivity contribution in [3.63, 3.8) is 0 Å². The Hall–Kier alpha value is -2.47. The molecule has 0 spiro atoms. The monoisotopic (exact) mass is 398 g/mol. The zero-order chi connectivity index (χ0) is 20.3. The predicted octanol–water partition coefficient (Wildman–Crippen LogP) is 4.97. The van der Waals surface area contributed by atoms with Crippen molar-refractivity contribution < 1.29 is 19.0 Å². The highest BCUT2D eigenvalue weighted by molar-refractivity contribution is 5.77. The van der Waals surface area contributed by atoms with E-state index in [2.05, 4.69) is 16.9 Å². The van der Waals surface area contributed by atoms with Crippen LogP contribution < -0.4 is 9.47 Å². The molecule has 1 fully saturated rings. The number of hydrogen-bond acceptors (Lipinski definition) is 6. The summed E-state index contributed by atoms with van der Waals surface area (Å²) in [6.07, 6.45) is 11.6. The molecule has 1 aliphatic heterocycles. The minimum atomic E-state index is -0.474. The summed E-state index contributed by atoms with van der Waals surface area (Å²) in [5, 5.41) is 0. The molecule has 0 amide bonds. The minimum absolute atomic E-state index is 0.327. The minimum Gasteiger partial charge on any atom is -0.494 e. The standard InChI is InChI=1S/C23H30N2O4/c1-2-3-4-5-6-7-14-27-19-12-10-18(11-13-19)22-24-16-20(17-25-22)29-23(26)21-9-8-15-28-21/h10-13,16-17,21H,2-9,14-15H2,1H3. The quantitative estimate of drug-likeness (QED) is 0.393. The summed E-state index contributed by atoms with van der Waals surface area (Å²) >= 11 is 0. The summed E-state index contributed by atoms with van der Waals surface area (Å²) in [6, 6.07) is 7.73. The van der Waals surface area contributed by atoms with Gasteiger partial charge in [0.25, 0.3) is 0 Å². The van der Waals surface area contributed by atoms with Gasteiger partial charge in [-0.25, -0.2) is 14.8 Å². The van der Waals surface area contributed by atoms with Crippen LogP contribution in [0.25, 0.3) is 11.4 Å². The van der Waals surface area contributed by atoms with Crippen LogP contribution in [0.15, 0.2) is 36.7 Å². The Bertz CT molecular complexity index is 740. The topological polar surface area (TPSA) is 70.5 Å². The highest BCUT2D eigenvalue weighted by atomic mass is 16.6. The number of nitrogens with zero attached hydrogens (tertiary/aromatic N) is 2. The molecule has 1 aromatic heterocycles. The van der Waals surface area contributed by atoms with E-state index in [0.29, 0.717) is 24.6 Å². The van der Waals surface area contributed by atoms with Gasteiger partial charge in [0.2, 0.25) is 0 Å². The SMILES string of the molecule is CCCCCCCCOc1ccc(-c2ncc(OC(=O)C3CCCO3)cn2)cc1. The molecular formula is C23H30N2O4. The molecule has 0 N–H and O–H groups in total. The molecule has 1 aromatic carbocycles. The average Bonchev–Trinajstić information content (AvgIpc) is 3.29. The van der Waals surface area contributed by atoms with Crippen molar-refractivity contribution in [3.8, 4) is 22.9 Å². The van der Waals surface area contributed by atoms with E-state index < -0.39 is 6.10 Å². The lowest BCUT2D eigenvalue weighted by molar-refractivity contribution is -0.144. The third-order valence-corrected chi connectivity index (χ3v) is 4.92. The van der Waals surface area contributed by atoms with Gasteiger partial charge in [0.1, 0.15) is 5.75 Å². The first kappa shape index (κ1) is 21.2. The van der Waals surface area contributed by atoms with E-state index in [9.17, 15) is 4.79 Å². The van der Waals surface area contributed by atoms with Gasteiger partial charge in [-0.2, -0.15) is 0 Å². The fourth-order valence-electron chi connectivity index (χ4n) is 3.24. The molecule has 6 heteroatoms. The normalized spacial score (nSPS) is 16.0. The zero-order valence-corrected chi connectivity index (χ0v) is 17.1. The van der Waals surface area contributed by atoms with Crippen LogP contribution in [0.5, 0.6) is 11.5 Å². The predicted molar refractivity (Wildman–Crippen MR) is 111 cm³/mol. The number of esters is 1. The van der Waals surface area contributed by atoms with Gasteiger partial charge in [-0.1, -0.05) is 39.0 Å². The second-order valence-electron chi connectivity index (χ2n) is 7.31. The second kappa shape index (κ2) is 11.5. The molecule has 156 valence electrons. The molecule has 1 saturated heterocycles. The molecule has 3 rings (SSSR count). The Balaban J connectivity index is 1.44. The molecular weight excluding hydrogens is 368 g/mol. The van der Waals surface area contributed by atoms with Crippen molar-refractivity contribution in [1.82, 2.24) is 9.97 Å². The van der Waals surface area contributed by atoms with Crippen molar-refractivity contribution in [2.45, 2.75) is 64.4 Å². The van der Waals surface area contributed by atoms with E-state index in [0.717, 1.165) is 30.8 Å². The fourth-order valence-corrected chi connectivity index (χ4v) is 3.24. The van der Waals surface area contributed by atoms with Gasteiger partial charge in [-0.3, -0.25) is 0 Å². The Morgan fingerprint density at radius 2 is 1.76 bits per heavy atom. The molecule has 0 saturated carbocycles. The van der Waals surface area contributed by atoms with Crippen molar-refractivity contribution in [2.75, 3.05) is 13.2 Å². The largest absolute Gasteiger partial charge is 0.494 e. The van der Waals surface area contributed by atoms with E-state index in [1.165, 1.54) is 44.5 Å². The molecule has 2 aromatic rings. The van der Waals surface area contributed by atoms with Crippen LogP contribution >= 0.6 is 0 Å². The second-order valence-corrected chi connectivity index (χ2v) is 7.31. The third kappa shape index (κ3) is 6.82. The number of unbranched alkanes of at least 4 members (excludes halogenated alkanes) is 5. The van der Waals surface area contributed by atoms with Gasteiger partial charge in [0.05, 0.1) is 19.0 Å². The van der Waals surface area contributed by atoms with Gasteiger partial charge in [0.15, 0.2) is 17.7 Å². The molecule has 1 atom stereocenters. The number of aromatic nitrogens is 2. The summed E-state index contributed by atoms with van der Waals surface area (Å²) in [5.41, 5.74) is 0.883. The maximum Gasteiger partial charge on any atom is 0.340 e. The van der Waals surface area contributed by atoms with Crippen LogP contribution in [-0.2, 0) is 9.53 Å².